The van der Waals surface area contributed by atoms with Crippen LogP contribution in [0.5, 0.6) is 0 Å². The molecule has 0 fully saturated rings. The van der Waals surface area contributed by atoms with Crippen LogP contribution in [0.15, 0.2) is 28.2 Å². The van der Waals surface area contributed by atoms with Gasteiger partial charge in [0.25, 0.3) is 5.56 Å². The number of aromatic nitrogens is 2. The summed E-state index contributed by atoms with van der Waals surface area (Å²) in [6, 6.07) is 6.43. The second-order valence-corrected chi connectivity index (χ2v) is 5.75. The van der Waals surface area contributed by atoms with Crippen LogP contribution < -0.4 is 5.56 Å². The van der Waals surface area contributed by atoms with Crippen molar-refractivity contribution in [3.8, 4) is 0 Å². The molecule has 2 aromatic rings. The lowest BCUT2D eigenvalue weighted by atomic mass is 10.1. The molecule has 0 saturated heterocycles. The molecule has 1 N–H and O–H groups in total. The summed E-state index contributed by atoms with van der Waals surface area (Å²) in [6.07, 6.45) is 0. The predicted octanol–water partition coefficient (Wildman–Crippen LogP) is 3.30. The molecule has 0 aliphatic rings. The van der Waals surface area contributed by atoms with Gasteiger partial charge in [0.1, 0.15) is 0 Å². The maximum atomic E-state index is 11.7. The van der Waals surface area contributed by atoms with Gasteiger partial charge in [0, 0.05) is 17.0 Å². The second kappa shape index (κ2) is 5.61. The number of rotatable bonds is 3. The lowest BCUT2D eigenvalue weighted by Gasteiger charge is -2.06. The van der Waals surface area contributed by atoms with Crippen LogP contribution >= 0.6 is 11.8 Å². The molecule has 2 rings (SSSR count). The Bertz CT molecular complexity index is 662. The number of hydrogen-bond donors (Lipinski definition) is 1. The van der Waals surface area contributed by atoms with Gasteiger partial charge < -0.3 is 4.98 Å². The Morgan fingerprint density at radius 2 is 1.89 bits per heavy atom. The van der Waals surface area contributed by atoms with Crippen molar-refractivity contribution in [3.05, 3.63) is 56.5 Å². The van der Waals surface area contributed by atoms with Crippen LogP contribution in [0.2, 0.25) is 0 Å². The molecule has 3 nitrogen and oxygen atoms in total. The zero-order chi connectivity index (χ0) is 14.0. The summed E-state index contributed by atoms with van der Waals surface area (Å²) < 4.78 is 0. The van der Waals surface area contributed by atoms with Crippen molar-refractivity contribution in [2.24, 2.45) is 0 Å². The highest BCUT2D eigenvalue weighted by atomic mass is 32.2. The Morgan fingerprint density at radius 3 is 2.53 bits per heavy atom. The van der Waals surface area contributed by atoms with E-state index >= 15 is 0 Å². The first-order valence-electron chi connectivity index (χ1n) is 6.24. The minimum absolute atomic E-state index is 0.0462. The van der Waals surface area contributed by atoms with Gasteiger partial charge in [-0.3, -0.25) is 4.79 Å². The number of hydrogen-bond acceptors (Lipinski definition) is 3. The van der Waals surface area contributed by atoms with Gasteiger partial charge in [-0.15, -0.1) is 0 Å². The van der Waals surface area contributed by atoms with E-state index in [0.717, 1.165) is 11.4 Å². The summed E-state index contributed by atoms with van der Waals surface area (Å²) >= 11 is 1.56. The maximum Gasteiger partial charge on any atom is 0.254 e. The van der Waals surface area contributed by atoms with Crippen molar-refractivity contribution >= 4 is 11.8 Å². The van der Waals surface area contributed by atoms with Crippen LogP contribution in [0.3, 0.4) is 0 Å². The summed E-state index contributed by atoms with van der Waals surface area (Å²) in [5.41, 5.74) is 5.28. The van der Waals surface area contributed by atoms with Crippen LogP contribution in [0.25, 0.3) is 0 Å². The minimum Gasteiger partial charge on any atom is -0.301 e. The quantitative estimate of drug-likeness (QED) is 0.690. The first-order chi connectivity index (χ1) is 8.97. The van der Waals surface area contributed by atoms with E-state index in [-0.39, 0.29) is 5.56 Å². The Morgan fingerprint density at radius 1 is 1.16 bits per heavy atom. The van der Waals surface area contributed by atoms with E-state index in [1.165, 1.54) is 16.7 Å². The highest BCUT2D eigenvalue weighted by molar-refractivity contribution is 7.98. The Kier molecular flexibility index (Phi) is 4.10. The first kappa shape index (κ1) is 13.9. The minimum atomic E-state index is -0.0462. The molecule has 0 unspecified atom stereocenters. The Balaban J connectivity index is 2.14. The molecule has 0 bridgehead atoms. The number of benzene rings is 1. The molecule has 0 spiro atoms. The summed E-state index contributed by atoms with van der Waals surface area (Å²) in [5, 5.41) is 0.686. The molecule has 0 amide bonds. The Labute approximate surface area is 117 Å². The predicted molar refractivity (Wildman–Crippen MR) is 79.8 cm³/mol. The number of H-pyrrole nitrogens is 1. The largest absolute Gasteiger partial charge is 0.301 e. The zero-order valence-corrected chi connectivity index (χ0v) is 12.5. The van der Waals surface area contributed by atoms with Crippen LogP contribution in [0, 0.1) is 27.7 Å². The van der Waals surface area contributed by atoms with Crippen LogP contribution in [0.4, 0.5) is 0 Å². The van der Waals surface area contributed by atoms with E-state index in [2.05, 4.69) is 42.0 Å². The third kappa shape index (κ3) is 3.26. The number of aryl methyl sites for hydroxylation is 3. The lowest BCUT2D eigenvalue weighted by molar-refractivity contribution is 0.883. The maximum absolute atomic E-state index is 11.7. The number of thioether (sulfide) groups is 1. The van der Waals surface area contributed by atoms with Crippen LogP contribution in [0.1, 0.15) is 27.9 Å². The van der Waals surface area contributed by atoms with Crippen molar-refractivity contribution in [3.63, 3.8) is 0 Å². The van der Waals surface area contributed by atoms with Crippen molar-refractivity contribution < 1.29 is 0 Å². The average molecular weight is 274 g/mol. The van der Waals surface area contributed by atoms with E-state index in [9.17, 15) is 4.79 Å². The molecular weight excluding hydrogens is 256 g/mol. The van der Waals surface area contributed by atoms with Gasteiger partial charge in [0.05, 0.1) is 0 Å². The highest BCUT2D eigenvalue weighted by Crippen LogP contribution is 2.20. The normalized spacial score (nSPS) is 10.7. The summed E-state index contributed by atoms with van der Waals surface area (Å²) in [6.45, 7) is 7.87. The van der Waals surface area contributed by atoms with E-state index < -0.39 is 0 Å². The third-order valence-electron chi connectivity index (χ3n) is 3.32. The monoisotopic (exact) mass is 274 g/mol. The molecule has 100 valence electrons. The first-order valence-corrected chi connectivity index (χ1v) is 7.22. The van der Waals surface area contributed by atoms with Crippen molar-refractivity contribution in [2.75, 3.05) is 0 Å². The molecule has 0 radical (unpaired) electrons. The number of nitrogens with one attached hydrogen (secondary N) is 1. The molecule has 1 aromatic heterocycles. The van der Waals surface area contributed by atoms with E-state index in [4.69, 9.17) is 0 Å². The van der Waals surface area contributed by atoms with Crippen molar-refractivity contribution in [1.82, 2.24) is 9.97 Å². The van der Waals surface area contributed by atoms with E-state index in [1.807, 2.05) is 6.92 Å². The summed E-state index contributed by atoms with van der Waals surface area (Å²) in [5.74, 6) is 0.812. The van der Waals surface area contributed by atoms with Gasteiger partial charge in [0.2, 0.25) is 0 Å². The van der Waals surface area contributed by atoms with Crippen LogP contribution in [-0.2, 0) is 5.75 Å². The molecular formula is C15H18N2OS. The fraction of sp³-hybridized carbons (Fsp3) is 0.333. The van der Waals surface area contributed by atoms with Gasteiger partial charge >= 0.3 is 0 Å². The number of aromatic amines is 1. The highest BCUT2D eigenvalue weighted by Gasteiger charge is 2.05. The van der Waals surface area contributed by atoms with E-state index in [1.54, 1.807) is 18.7 Å². The van der Waals surface area contributed by atoms with Crippen molar-refractivity contribution in [2.45, 2.75) is 38.6 Å². The van der Waals surface area contributed by atoms with Gasteiger partial charge in [-0.05, 0) is 44.4 Å². The Hall–Kier alpha value is -1.55. The SMILES string of the molecule is Cc1ccc(CSc2nc(C)c(C)c(=O)[nH]2)cc1C. The molecule has 0 saturated carbocycles. The van der Waals surface area contributed by atoms with Crippen LogP contribution in [-0.4, -0.2) is 9.97 Å². The average Bonchev–Trinajstić information content (AvgIpc) is 2.37. The van der Waals surface area contributed by atoms with Gasteiger partial charge in [-0.25, -0.2) is 4.98 Å². The third-order valence-corrected chi connectivity index (χ3v) is 4.26. The van der Waals surface area contributed by atoms with E-state index in [0.29, 0.717) is 10.7 Å². The summed E-state index contributed by atoms with van der Waals surface area (Å²) in [4.78, 5) is 18.9. The zero-order valence-electron chi connectivity index (χ0n) is 11.7. The standard InChI is InChI=1S/C15H18N2OS/c1-9-5-6-13(7-10(9)2)8-19-15-16-12(4)11(3)14(18)17-15/h5-7H,8H2,1-4H3,(H,16,17,18). The molecule has 1 aromatic carbocycles. The van der Waals surface area contributed by atoms with Gasteiger partial charge in [-0.1, -0.05) is 30.0 Å². The molecule has 0 aliphatic carbocycles. The summed E-state index contributed by atoms with van der Waals surface area (Å²) in [7, 11) is 0. The smallest absolute Gasteiger partial charge is 0.254 e. The fourth-order valence-corrected chi connectivity index (χ4v) is 2.58. The molecule has 0 atom stereocenters. The second-order valence-electron chi connectivity index (χ2n) is 4.79. The molecule has 19 heavy (non-hydrogen) atoms. The fourth-order valence-electron chi connectivity index (χ4n) is 1.73. The topological polar surface area (TPSA) is 45.8 Å². The van der Waals surface area contributed by atoms with Gasteiger partial charge in [0.15, 0.2) is 5.16 Å². The van der Waals surface area contributed by atoms with Gasteiger partial charge in [-0.2, -0.15) is 0 Å². The lowest BCUT2D eigenvalue weighted by Crippen LogP contribution is -2.14. The molecule has 4 heteroatoms. The number of nitrogens with zero attached hydrogens (tertiary/aromatic N) is 1. The molecule has 0 aliphatic heterocycles. The van der Waals surface area contributed by atoms with Crippen molar-refractivity contribution in [1.29, 1.82) is 0 Å². The molecule has 1 heterocycles.